The number of halogens is 3. The SMILES string of the molecule is O=C1CSC(c2ccc(C(F)(F)F)cc2)N1CCc1ccc(O)cc1. The van der Waals surface area contributed by atoms with Crippen LogP contribution in [0.3, 0.4) is 0 Å². The Morgan fingerprint density at radius 2 is 1.72 bits per heavy atom. The summed E-state index contributed by atoms with van der Waals surface area (Å²) in [4.78, 5) is 13.8. The number of hydrogen-bond donors (Lipinski definition) is 1. The summed E-state index contributed by atoms with van der Waals surface area (Å²) < 4.78 is 38.1. The summed E-state index contributed by atoms with van der Waals surface area (Å²) in [6.45, 7) is 0.475. The van der Waals surface area contributed by atoms with Crippen molar-refractivity contribution in [3.05, 3.63) is 65.2 Å². The molecule has 25 heavy (non-hydrogen) atoms. The van der Waals surface area contributed by atoms with E-state index in [0.29, 0.717) is 24.3 Å². The predicted octanol–water partition coefficient (Wildman–Crippen LogP) is 4.23. The van der Waals surface area contributed by atoms with Crippen LogP contribution in [-0.2, 0) is 17.4 Å². The molecular weight excluding hydrogens is 351 g/mol. The average molecular weight is 367 g/mol. The van der Waals surface area contributed by atoms with Gasteiger partial charge in [-0.1, -0.05) is 24.3 Å². The average Bonchev–Trinajstić information content (AvgIpc) is 2.94. The highest BCUT2D eigenvalue weighted by Crippen LogP contribution is 2.39. The van der Waals surface area contributed by atoms with Crippen molar-refractivity contribution in [2.45, 2.75) is 18.0 Å². The van der Waals surface area contributed by atoms with Crippen molar-refractivity contribution in [3.63, 3.8) is 0 Å². The Bertz CT molecular complexity index is 744. The molecule has 1 unspecified atom stereocenters. The quantitative estimate of drug-likeness (QED) is 0.879. The monoisotopic (exact) mass is 367 g/mol. The standard InChI is InChI=1S/C18H16F3NO2S/c19-18(20,21)14-5-3-13(4-6-14)17-22(16(24)11-25-17)10-9-12-1-7-15(23)8-2-12/h1-8,17,23H,9-11H2. The molecule has 0 aliphatic carbocycles. The van der Waals surface area contributed by atoms with E-state index in [4.69, 9.17) is 0 Å². The van der Waals surface area contributed by atoms with Gasteiger partial charge in [-0.2, -0.15) is 13.2 Å². The highest BCUT2D eigenvalue weighted by atomic mass is 32.2. The number of thioether (sulfide) groups is 1. The molecule has 1 atom stereocenters. The Morgan fingerprint density at radius 1 is 1.08 bits per heavy atom. The van der Waals surface area contributed by atoms with Gasteiger partial charge in [-0.25, -0.2) is 0 Å². The van der Waals surface area contributed by atoms with Crippen LogP contribution in [-0.4, -0.2) is 28.2 Å². The fourth-order valence-corrected chi connectivity index (χ4v) is 3.94. The van der Waals surface area contributed by atoms with Gasteiger partial charge in [0.1, 0.15) is 11.1 Å². The van der Waals surface area contributed by atoms with E-state index in [9.17, 15) is 23.1 Å². The summed E-state index contributed by atoms with van der Waals surface area (Å²) >= 11 is 1.42. The number of carbonyl (C=O) groups excluding carboxylic acids is 1. The topological polar surface area (TPSA) is 40.5 Å². The number of rotatable bonds is 4. The lowest BCUT2D eigenvalue weighted by molar-refractivity contribution is -0.137. The van der Waals surface area contributed by atoms with Crippen molar-refractivity contribution < 1.29 is 23.1 Å². The minimum absolute atomic E-state index is 0.0197. The third-order valence-electron chi connectivity index (χ3n) is 4.07. The first-order chi connectivity index (χ1) is 11.8. The molecule has 1 aliphatic heterocycles. The molecule has 1 aliphatic rings. The van der Waals surface area contributed by atoms with E-state index in [2.05, 4.69) is 0 Å². The third-order valence-corrected chi connectivity index (χ3v) is 5.32. The van der Waals surface area contributed by atoms with Crippen molar-refractivity contribution in [1.29, 1.82) is 0 Å². The molecule has 3 nitrogen and oxygen atoms in total. The molecule has 0 radical (unpaired) electrons. The zero-order valence-electron chi connectivity index (χ0n) is 13.2. The van der Waals surface area contributed by atoms with Crippen molar-refractivity contribution in [2.75, 3.05) is 12.3 Å². The molecule has 7 heteroatoms. The van der Waals surface area contributed by atoms with Crippen LogP contribution >= 0.6 is 11.8 Å². The number of nitrogens with zero attached hydrogens (tertiary/aromatic N) is 1. The van der Waals surface area contributed by atoms with Gasteiger partial charge >= 0.3 is 6.18 Å². The third kappa shape index (κ3) is 4.10. The molecule has 1 N–H and O–H groups in total. The van der Waals surface area contributed by atoms with Crippen LogP contribution < -0.4 is 0 Å². The summed E-state index contributed by atoms with van der Waals surface area (Å²) in [6, 6.07) is 11.7. The van der Waals surface area contributed by atoms with Crippen molar-refractivity contribution >= 4 is 17.7 Å². The lowest BCUT2D eigenvalue weighted by Gasteiger charge is -2.24. The molecule has 1 heterocycles. The Hall–Kier alpha value is -2.15. The fraction of sp³-hybridized carbons (Fsp3) is 0.278. The second kappa shape index (κ2) is 7.00. The number of aromatic hydroxyl groups is 1. The molecule has 1 amide bonds. The second-order valence-corrected chi connectivity index (χ2v) is 6.86. The van der Waals surface area contributed by atoms with Crippen LogP contribution in [0.25, 0.3) is 0 Å². The van der Waals surface area contributed by atoms with Crippen LogP contribution in [0.5, 0.6) is 5.75 Å². The van der Waals surface area contributed by atoms with Crippen molar-refractivity contribution in [2.24, 2.45) is 0 Å². The first kappa shape index (κ1) is 17.7. The van der Waals surface area contributed by atoms with Crippen molar-refractivity contribution in [3.8, 4) is 5.75 Å². The van der Waals surface area contributed by atoms with Gasteiger partial charge in [0.25, 0.3) is 0 Å². The molecule has 2 aromatic carbocycles. The molecule has 0 saturated carbocycles. The van der Waals surface area contributed by atoms with Gasteiger partial charge in [0.05, 0.1) is 11.3 Å². The fourth-order valence-electron chi connectivity index (χ4n) is 2.72. The summed E-state index contributed by atoms with van der Waals surface area (Å²) in [5.74, 6) is 0.481. The largest absolute Gasteiger partial charge is 0.508 e. The Labute approximate surface area is 147 Å². The van der Waals surface area contributed by atoms with E-state index in [1.807, 2.05) is 0 Å². The Kier molecular flexibility index (Phi) is 4.94. The number of hydrogen-bond acceptors (Lipinski definition) is 3. The van der Waals surface area contributed by atoms with Crippen molar-refractivity contribution in [1.82, 2.24) is 4.90 Å². The number of phenols is 1. The number of phenolic OH excluding ortho intramolecular Hbond substituents is 1. The van der Waals surface area contributed by atoms with Crippen LogP contribution in [0, 0.1) is 0 Å². The lowest BCUT2D eigenvalue weighted by atomic mass is 10.1. The second-order valence-electron chi connectivity index (χ2n) is 5.79. The summed E-state index contributed by atoms with van der Waals surface area (Å²) in [7, 11) is 0. The van der Waals surface area contributed by atoms with Crippen LogP contribution in [0.2, 0.25) is 0 Å². The first-order valence-electron chi connectivity index (χ1n) is 7.71. The molecule has 132 valence electrons. The molecule has 1 fully saturated rings. The van der Waals surface area contributed by atoms with Crippen LogP contribution in [0.15, 0.2) is 48.5 Å². The van der Waals surface area contributed by atoms with Gasteiger partial charge in [0, 0.05) is 6.54 Å². The summed E-state index contributed by atoms with van der Waals surface area (Å²) in [5, 5.41) is 9.03. The molecule has 3 rings (SSSR count). The number of alkyl halides is 3. The molecule has 0 spiro atoms. The predicted molar refractivity (Wildman–Crippen MR) is 90.2 cm³/mol. The molecule has 1 saturated heterocycles. The number of carbonyl (C=O) groups is 1. The van der Waals surface area contributed by atoms with E-state index in [1.54, 1.807) is 29.2 Å². The zero-order chi connectivity index (χ0) is 18.0. The van der Waals surface area contributed by atoms with E-state index in [1.165, 1.54) is 23.9 Å². The first-order valence-corrected chi connectivity index (χ1v) is 8.75. The zero-order valence-corrected chi connectivity index (χ0v) is 14.0. The van der Waals surface area contributed by atoms with Gasteiger partial charge in [0.15, 0.2) is 0 Å². The van der Waals surface area contributed by atoms with Gasteiger partial charge in [-0.3, -0.25) is 4.79 Å². The summed E-state index contributed by atoms with van der Waals surface area (Å²) in [6.07, 6.45) is -3.75. The highest BCUT2D eigenvalue weighted by molar-refractivity contribution is 8.00. The Morgan fingerprint density at radius 3 is 2.32 bits per heavy atom. The minimum atomic E-state index is -4.37. The van der Waals surface area contributed by atoms with Gasteiger partial charge in [-0.15, -0.1) is 11.8 Å². The molecule has 0 bridgehead atoms. The highest BCUT2D eigenvalue weighted by Gasteiger charge is 2.34. The van der Waals surface area contributed by atoms with Crippen LogP contribution in [0.1, 0.15) is 22.1 Å². The van der Waals surface area contributed by atoms with E-state index >= 15 is 0 Å². The normalized spacial score (nSPS) is 18.0. The van der Waals surface area contributed by atoms with Gasteiger partial charge < -0.3 is 10.0 Å². The lowest BCUT2D eigenvalue weighted by Crippen LogP contribution is -2.30. The van der Waals surface area contributed by atoms with E-state index in [0.717, 1.165) is 17.7 Å². The maximum absolute atomic E-state index is 12.7. The molecule has 2 aromatic rings. The number of benzene rings is 2. The Balaban J connectivity index is 1.72. The minimum Gasteiger partial charge on any atom is -0.508 e. The summed E-state index contributed by atoms with van der Waals surface area (Å²) in [5.41, 5.74) is 0.976. The van der Waals surface area contributed by atoms with Gasteiger partial charge in [0.2, 0.25) is 5.91 Å². The van der Waals surface area contributed by atoms with E-state index in [-0.39, 0.29) is 17.0 Å². The molecule has 0 aromatic heterocycles. The smallest absolute Gasteiger partial charge is 0.416 e. The van der Waals surface area contributed by atoms with Crippen LogP contribution in [0.4, 0.5) is 13.2 Å². The molecular formula is C18H16F3NO2S. The van der Waals surface area contributed by atoms with Gasteiger partial charge in [-0.05, 0) is 41.8 Å². The van der Waals surface area contributed by atoms with E-state index < -0.39 is 11.7 Å². The maximum atomic E-state index is 12.7. The number of amides is 1. The maximum Gasteiger partial charge on any atom is 0.416 e.